The minimum atomic E-state index is -3.69. The second-order valence-corrected chi connectivity index (χ2v) is 13.2. The zero-order valence-electron chi connectivity index (χ0n) is 19.2. The average molecular weight is 543 g/mol. The molecule has 2 aromatic heterocycles. The van der Waals surface area contributed by atoms with Gasteiger partial charge in [-0.1, -0.05) is 29.0 Å². The molecule has 1 aromatic carbocycles. The van der Waals surface area contributed by atoms with Crippen LogP contribution in [-0.2, 0) is 14.8 Å². The largest absolute Gasteiger partial charge is 0.494 e. The molecule has 1 saturated heterocycles. The highest BCUT2D eigenvalue weighted by atomic mass is 35.5. The predicted molar refractivity (Wildman–Crippen MR) is 138 cm³/mol. The van der Waals surface area contributed by atoms with Crippen molar-refractivity contribution in [2.24, 2.45) is 5.92 Å². The number of piperidine rings is 1. The third-order valence-corrected chi connectivity index (χ3v) is 10.3. The third-order valence-electron chi connectivity index (χ3n) is 5.73. The summed E-state index contributed by atoms with van der Waals surface area (Å²) in [7, 11) is 1.80. The predicted octanol–water partition coefficient (Wildman–Crippen LogP) is 4.02. The van der Waals surface area contributed by atoms with Crippen molar-refractivity contribution in [1.29, 1.82) is 0 Å². The molecule has 1 fully saturated rings. The standard InChI is InChI=1S/C22H27ClN4O4S3/c1-25(2)12-13-27(22-24-20-16(31-3)7-4-8-17(20)32-22)21(28)15-6-5-11-26(14-15)34(29,30)19-10-9-18(23)33-19/h4,7-10,15H,5-6,11-14H2,1-3H3. The number of halogens is 1. The van der Waals surface area contributed by atoms with Crippen molar-refractivity contribution in [2.75, 3.05) is 52.3 Å². The van der Waals surface area contributed by atoms with E-state index in [1.807, 2.05) is 37.2 Å². The summed E-state index contributed by atoms with van der Waals surface area (Å²) < 4.78 is 34.7. The van der Waals surface area contributed by atoms with E-state index in [1.54, 1.807) is 18.1 Å². The zero-order valence-corrected chi connectivity index (χ0v) is 22.4. The van der Waals surface area contributed by atoms with Crippen LogP contribution in [0.5, 0.6) is 5.75 Å². The van der Waals surface area contributed by atoms with Crippen molar-refractivity contribution >= 4 is 65.6 Å². The Morgan fingerprint density at radius 1 is 1.24 bits per heavy atom. The number of benzene rings is 1. The molecule has 0 radical (unpaired) electrons. The van der Waals surface area contributed by atoms with E-state index in [-0.39, 0.29) is 16.7 Å². The van der Waals surface area contributed by atoms with Crippen LogP contribution in [0.25, 0.3) is 10.2 Å². The summed E-state index contributed by atoms with van der Waals surface area (Å²) in [6.07, 6.45) is 1.24. The molecule has 0 N–H and O–H groups in total. The van der Waals surface area contributed by atoms with Gasteiger partial charge in [-0.15, -0.1) is 11.3 Å². The maximum atomic E-state index is 13.8. The summed E-state index contributed by atoms with van der Waals surface area (Å²) in [5.74, 6) is 0.101. The van der Waals surface area contributed by atoms with Crippen molar-refractivity contribution in [3.63, 3.8) is 0 Å². The summed E-state index contributed by atoms with van der Waals surface area (Å²) in [6, 6.07) is 8.80. The molecule has 0 aliphatic carbocycles. The summed E-state index contributed by atoms with van der Waals surface area (Å²) in [5, 5.41) is 0.594. The van der Waals surface area contributed by atoms with Gasteiger partial charge < -0.3 is 9.64 Å². The maximum absolute atomic E-state index is 13.8. The number of likely N-dealkylation sites (N-methyl/N-ethyl adjacent to an activating group) is 1. The van der Waals surface area contributed by atoms with Gasteiger partial charge in [-0.25, -0.2) is 13.4 Å². The van der Waals surface area contributed by atoms with Crippen LogP contribution in [-0.4, -0.2) is 75.9 Å². The molecule has 0 spiro atoms. The first kappa shape index (κ1) is 25.3. The quantitative estimate of drug-likeness (QED) is 0.427. The fraction of sp³-hybridized carbons (Fsp3) is 0.455. The van der Waals surface area contributed by atoms with Gasteiger partial charge in [0.15, 0.2) is 5.13 Å². The van der Waals surface area contributed by atoms with Crippen molar-refractivity contribution in [1.82, 2.24) is 14.2 Å². The van der Waals surface area contributed by atoms with Crippen molar-refractivity contribution in [3.8, 4) is 5.75 Å². The normalized spacial score (nSPS) is 17.4. The van der Waals surface area contributed by atoms with Crippen LogP contribution in [0.4, 0.5) is 5.13 Å². The van der Waals surface area contributed by atoms with Crippen LogP contribution in [0.3, 0.4) is 0 Å². The minimum absolute atomic E-state index is 0.107. The molecule has 1 unspecified atom stereocenters. The number of nitrogens with zero attached hydrogens (tertiary/aromatic N) is 4. The van der Waals surface area contributed by atoms with Crippen LogP contribution in [0.2, 0.25) is 4.34 Å². The Kier molecular flexibility index (Phi) is 7.80. The Labute approximate surface area is 212 Å². The van der Waals surface area contributed by atoms with Gasteiger partial charge in [0, 0.05) is 26.2 Å². The number of amides is 1. The SMILES string of the molecule is COc1cccc2sc(N(CCN(C)C)C(=O)C3CCCN(S(=O)(=O)c4ccc(Cl)s4)C3)nc12. The molecule has 3 heterocycles. The highest BCUT2D eigenvalue weighted by Gasteiger charge is 2.36. The molecule has 12 heteroatoms. The molecule has 184 valence electrons. The molecule has 1 amide bonds. The monoisotopic (exact) mass is 542 g/mol. The fourth-order valence-electron chi connectivity index (χ4n) is 3.94. The van der Waals surface area contributed by atoms with Crippen LogP contribution >= 0.6 is 34.3 Å². The fourth-order valence-corrected chi connectivity index (χ4v) is 8.11. The van der Waals surface area contributed by atoms with Gasteiger partial charge in [-0.3, -0.25) is 9.69 Å². The second-order valence-electron chi connectivity index (χ2n) is 8.36. The van der Waals surface area contributed by atoms with Gasteiger partial charge in [-0.05, 0) is 51.2 Å². The number of methoxy groups -OCH3 is 1. The van der Waals surface area contributed by atoms with Crippen molar-refractivity contribution in [2.45, 2.75) is 17.1 Å². The lowest BCUT2D eigenvalue weighted by Gasteiger charge is -2.33. The number of sulfonamides is 1. The van der Waals surface area contributed by atoms with E-state index in [4.69, 9.17) is 21.3 Å². The Morgan fingerprint density at radius 2 is 2.03 bits per heavy atom. The number of ether oxygens (including phenoxy) is 1. The summed E-state index contributed by atoms with van der Waals surface area (Å²) >= 11 is 8.43. The number of aromatic nitrogens is 1. The Morgan fingerprint density at radius 3 is 2.71 bits per heavy atom. The molecule has 0 bridgehead atoms. The molecule has 1 aliphatic rings. The third kappa shape index (κ3) is 5.24. The molecule has 3 aromatic rings. The Balaban J connectivity index is 1.61. The van der Waals surface area contributed by atoms with Crippen LogP contribution in [0.1, 0.15) is 12.8 Å². The van der Waals surface area contributed by atoms with Crippen molar-refractivity contribution < 1.29 is 17.9 Å². The van der Waals surface area contributed by atoms with E-state index in [0.717, 1.165) is 21.6 Å². The molecule has 34 heavy (non-hydrogen) atoms. The Bertz CT molecular complexity index is 1270. The summed E-state index contributed by atoms with van der Waals surface area (Å²) in [6.45, 7) is 1.64. The first-order valence-electron chi connectivity index (χ1n) is 10.9. The van der Waals surface area contributed by atoms with Gasteiger partial charge in [0.25, 0.3) is 10.0 Å². The number of thiophene rings is 1. The molecule has 0 saturated carbocycles. The molecule has 1 atom stereocenters. The number of fused-ring (bicyclic) bond motifs is 1. The lowest BCUT2D eigenvalue weighted by Crippen LogP contribution is -2.48. The van der Waals surface area contributed by atoms with Crippen LogP contribution < -0.4 is 9.64 Å². The number of carbonyl (C=O) groups excluding carboxylic acids is 1. The van der Waals surface area contributed by atoms with E-state index in [0.29, 0.717) is 47.7 Å². The number of anilines is 1. The van der Waals surface area contributed by atoms with Gasteiger partial charge in [-0.2, -0.15) is 4.31 Å². The van der Waals surface area contributed by atoms with E-state index in [9.17, 15) is 13.2 Å². The topological polar surface area (TPSA) is 83.0 Å². The van der Waals surface area contributed by atoms with Gasteiger partial charge in [0.1, 0.15) is 15.5 Å². The van der Waals surface area contributed by atoms with E-state index < -0.39 is 15.9 Å². The van der Waals surface area contributed by atoms with Crippen LogP contribution in [0.15, 0.2) is 34.5 Å². The van der Waals surface area contributed by atoms with Gasteiger partial charge in [0.2, 0.25) is 5.91 Å². The van der Waals surface area contributed by atoms with E-state index >= 15 is 0 Å². The molecule has 1 aliphatic heterocycles. The Hall–Kier alpha value is -1.76. The summed E-state index contributed by atoms with van der Waals surface area (Å²) in [4.78, 5) is 22.2. The number of hydrogen-bond acceptors (Lipinski definition) is 8. The van der Waals surface area contributed by atoms with Gasteiger partial charge in [0.05, 0.1) is 22.1 Å². The number of para-hydroxylation sites is 1. The number of carbonyl (C=O) groups is 1. The number of hydrogen-bond donors (Lipinski definition) is 0. The van der Waals surface area contributed by atoms with Crippen LogP contribution in [0, 0.1) is 5.92 Å². The molecule has 4 rings (SSSR count). The average Bonchev–Trinajstić information content (AvgIpc) is 3.45. The zero-order chi connectivity index (χ0) is 24.5. The van der Waals surface area contributed by atoms with Gasteiger partial charge >= 0.3 is 0 Å². The smallest absolute Gasteiger partial charge is 0.252 e. The lowest BCUT2D eigenvalue weighted by molar-refractivity contribution is -0.123. The molecular weight excluding hydrogens is 516 g/mol. The van der Waals surface area contributed by atoms with E-state index in [1.165, 1.54) is 21.7 Å². The highest BCUT2D eigenvalue weighted by Crippen LogP contribution is 2.36. The first-order valence-corrected chi connectivity index (χ1v) is 14.3. The molecule has 8 nitrogen and oxygen atoms in total. The minimum Gasteiger partial charge on any atom is -0.494 e. The van der Waals surface area contributed by atoms with E-state index in [2.05, 4.69) is 0 Å². The van der Waals surface area contributed by atoms with Crippen molar-refractivity contribution in [3.05, 3.63) is 34.7 Å². The lowest BCUT2D eigenvalue weighted by atomic mass is 9.98. The second kappa shape index (κ2) is 10.5. The maximum Gasteiger partial charge on any atom is 0.252 e. The number of thiazole rings is 1. The summed E-state index contributed by atoms with van der Waals surface area (Å²) in [5.41, 5.74) is 0.718. The highest BCUT2D eigenvalue weighted by molar-refractivity contribution is 7.91. The number of rotatable bonds is 8. The first-order chi connectivity index (χ1) is 16.2. The molecular formula is C22H27ClN4O4S3.